The Hall–Kier alpha value is -1.42. The van der Waals surface area contributed by atoms with E-state index in [-0.39, 0.29) is 5.91 Å². The zero-order valence-electron chi connectivity index (χ0n) is 8.16. The number of amides is 1. The lowest BCUT2D eigenvalue weighted by Gasteiger charge is -1.99. The third kappa shape index (κ3) is 4.22. The molecule has 0 aromatic carbocycles. The lowest BCUT2D eigenvalue weighted by molar-refractivity contribution is 0.0933. The summed E-state index contributed by atoms with van der Waals surface area (Å²) in [4.78, 5) is 14.9. The van der Waals surface area contributed by atoms with Crippen LogP contribution in [-0.2, 0) is 0 Å². The zero-order valence-corrected chi connectivity index (χ0v) is 8.16. The van der Waals surface area contributed by atoms with Crippen LogP contribution in [0.15, 0.2) is 24.4 Å². The molecule has 2 N–H and O–H groups in total. The van der Waals surface area contributed by atoms with E-state index in [4.69, 9.17) is 0 Å². The predicted octanol–water partition coefficient (Wildman–Crippen LogP) is 0.972. The molecule has 0 fully saturated rings. The van der Waals surface area contributed by atoms with Crippen molar-refractivity contribution in [1.29, 1.82) is 0 Å². The van der Waals surface area contributed by atoms with E-state index in [9.17, 15) is 4.79 Å². The van der Waals surface area contributed by atoms with Gasteiger partial charge in [0.2, 0.25) is 0 Å². The van der Waals surface area contributed by atoms with E-state index in [1.807, 2.05) is 13.8 Å². The van der Waals surface area contributed by atoms with E-state index in [0.717, 1.165) is 0 Å². The highest BCUT2D eigenvalue weighted by Crippen LogP contribution is 1.90. The first-order valence-corrected chi connectivity index (χ1v) is 4.22. The minimum absolute atomic E-state index is 0.229. The fourth-order valence-corrected chi connectivity index (χ4v) is 0.675. The maximum absolute atomic E-state index is 11.0. The van der Waals surface area contributed by atoms with Crippen LogP contribution in [0.1, 0.15) is 24.3 Å². The van der Waals surface area contributed by atoms with Crippen molar-refractivity contribution in [1.82, 2.24) is 15.8 Å². The third-order valence-corrected chi connectivity index (χ3v) is 1.14. The Labute approximate surface area is 78.3 Å². The normalized spacial score (nSPS) is 8.23. The Morgan fingerprint density at radius 2 is 2.08 bits per heavy atom. The molecule has 0 unspecified atom stereocenters. The van der Waals surface area contributed by atoms with Crippen molar-refractivity contribution in [3.05, 3.63) is 30.1 Å². The van der Waals surface area contributed by atoms with Crippen molar-refractivity contribution in [2.45, 2.75) is 13.8 Å². The van der Waals surface area contributed by atoms with Crippen LogP contribution in [0.5, 0.6) is 0 Å². The van der Waals surface area contributed by atoms with Gasteiger partial charge in [-0.15, -0.1) is 0 Å². The predicted molar refractivity (Wildman–Crippen MR) is 52.1 cm³/mol. The van der Waals surface area contributed by atoms with Gasteiger partial charge in [0.05, 0.1) is 0 Å². The Morgan fingerprint density at radius 3 is 2.54 bits per heavy atom. The van der Waals surface area contributed by atoms with E-state index in [1.54, 1.807) is 31.4 Å². The highest BCUT2D eigenvalue weighted by Gasteiger charge is 2.02. The lowest BCUT2D eigenvalue weighted by Crippen LogP contribution is -2.34. The molecule has 13 heavy (non-hydrogen) atoms. The van der Waals surface area contributed by atoms with Gasteiger partial charge in [0.25, 0.3) is 5.91 Å². The maximum Gasteiger partial charge on any atom is 0.283 e. The monoisotopic (exact) mass is 181 g/mol. The average Bonchev–Trinajstić information content (AvgIpc) is 2.23. The molecule has 1 heterocycles. The molecule has 0 saturated heterocycles. The van der Waals surface area contributed by atoms with Gasteiger partial charge in [0.1, 0.15) is 5.69 Å². The number of hydrogen-bond acceptors (Lipinski definition) is 3. The van der Waals surface area contributed by atoms with E-state index >= 15 is 0 Å². The highest BCUT2D eigenvalue weighted by atomic mass is 16.2. The number of carbonyl (C=O) groups is 1. The smallest absolute Gasteiger partial charge is 0.283 e. The summed E-state index contributed by atoms with van der Waals surface area (Å²) < 4.78 is 0. The minimum Gasteiger partial charge on any atom is -0.286 e. The van der Waals surface area contributed by atoms with Gasteiger partial charge < -0.3 is 0 Å². The SMILES string of the molecule is CC.CNNC(=O)c1ccccn1. The van der Waals surface area contributed by atoms with Crippen molar-refractivity contribution in [2.24, 2.45) is 0 Å². The van der Waals surface area contributed by atoms with Crippen LogP contribution in [0.4, 0.5) is 0 Å². The van der Waals surface area contributed by atoms with Gasteiger partial charge in [0, 0.05) is 13.2 Å². The van der Waals surface area contributed by atoms with Gasteiger partial charge in [-0.2, -0.15) is 0 Å². The van der Waals surface area contributed by atoms with E-state index < -0.39 is 0 Å². The molecule has 1 amide bonds. The van der Waals surface area contributed by atoms with Crippen LogP contribution < -0.4 is 10.9 Å². The van der Waals surface area contributed by atoms with Crippen LogP contribution in [0.2, 0.25) is 0 Å². The van der Waals surface area contributed by atoms with Gasteiger partial charge in [0.15, 0.2) is 0 Å². The van der Waals surface area contributed by atoms with Crippen LogP contribution in [-0.4, -0.2) is 17.9 Å². The molecule has 4 nitrogen and oxygen atoms in total. The first-order chi connectivity index (χ1) is 6.34. The molecular weight excluding hydrogens is 166 g/mol. The van der Waals surface area contributed by atoms with Crippen LogP contribution in [0.25, 0.3) is 0 Å². The second-order valence-corrected chi connectivity index (χ2v) is 1.92. The average molecular weight is 181 g/mol. The number of rotatable bonds is 2. The molecule has 0 aliphatic carbocycles. The van der Waals surface area contributed by atoms with Crippen molar-refractivity contribution in [3.8, 4) is 0 Å². The van der Waals surface area contributed by atoms with Crippen LogP contribution in [0.3, 0.4) is 0 Å². The van der Waals surface area contributed by atoms with Crippen molar-refractivity contribution < 1.29 is 4.79 Å². The molecule has 1 rings (SSSR count). The van der Waals surface area contributed by atoms with E-state index in [0.29, 0.717) is 5.69 Å². The Bertz CT molecular complexity index is 236. The fraction of sp³-hybridized carbons (Fsp3) is 0.333. The number of pyridine rings is 1. The summed E-state index contributed by atoms with van der Waals surface area (Å²) in [6.45, 7) is 4.00. The molecule has 0 aliphatic rings. The summed E-state index contributed by atoms with van der Waals surface area (Å²) in [5.41, 5.74) is 5.34. The second kappa shape index (κ2) is 7.24. The second-order valence-electron chi connectivity index (χ2n) is 1.92. The molecule has 0 aliphatic heterocycles. The molecule has 0 saturated carbocycles. The van der Waals surface area contributed by atoms with Gasteiger partial charge in [-0.1, -0.05) is 19.9 Å². The highest BCUT2D eigenvalue weighted by molar-refractivity contribution is 5.91. The summed E-state index contributed by atoms with van der Waals surface area (Å²) in [6, 6.07) is 5.17. The summed E-state index contributed by atoms with van der Waals surface area (Å²) in [5, 5.41) is 0. The number of carbonyl (C=O) groups excluding carboxylic acids is 1. The quantitative estimate of drug-likeness (QED) is 0.668. The standard InChI is InChI=1S/C7H9N3O.C2H6/c1-8-10-7(11)6-4-2-3-5-9-6;1-2/h2-5,8H,1H3,(H,10,11);1-2H3. The third-order valence-electron chi connectivity index (χ3n) is 1.14. The van der Waals surface area contributed by atoms with Gasteiger partial charge in [-0.25, -0.2) is 5.43 Å². The number of hydrazine groups is 1. The van der Waals surface area contributed by atoms with E-state index in [1.165, 1.54) is 0 Å². The molecule has 1 aromatic rings. The molecular formula is C9H15N3O. The molecule has 0 atom stereocenters. The summed E-state index contributed by atoms with van der Waals surface area (Å²) in [7, 11) is 1.63. The van der Waals surface area contributed by atoms with Crippen molar-refractivity contribution in [2.75, 3.05) is 7.05 Å². The van der Waals surface area contributed by atoms with Gasteiger partial charge in [-0.05, 0) is 12.1 Å². The molecule has 0 spiro atoms. The summed E-state index contributed by atoms with van der Waals surface area (Å²) in [5.74, 6) is -0.229. The first-order valence-electron chi connectivity index (χ1n) is 4.22. The lowest BCUT2D eigenvalue weighted by atomic mass is 10.3. The Morgan fingerprint density at radius 1 is 1.38 bits per heavy atom. The van der Waals surface area contributed by atoms with Crippen LogP contribution >= 0.6 is 0 Å². The van der Waals surface area contributed by atoms with Crippen molar-refractivity contribution >= 4 is 5.91 Å². The number of nitrogens with one attached hydrogen (secondary N) is 2. The maximum atomic E-state index is 11.0. The Kier molecular flexibility index (Phi) is 6.45. The zero-order chi connectivity index (χ0) is 10.1. The summed E-state index contributed by atoms with van der Waals surface area (Å²) in [6.07, 6.45) is 1.57. The van der Waals surface area contributed by atoms with Gasteiger partial charge in [-0.3, -0.25) is 15.2 Å². The van der Waals surface area contributed by atoms with Crippen molar-refractivity contribution in [3.63, 3.8) is 0 Å². The van der Waals surface area contributed by atoms with Gasteiger partial charge >= 0.3 is 0 Å². The Balaban J connectivity index is 0.000000671. The van der Waals surface area contributed by atoms with Crippen LogP contribution in [0, 0.1) is 0 Å². The molecule has 4 heteroatoms. The largest absolute Gasteiger partial charge is 0.286 e. The molecule has 1 aromatic heterocycles. The molecule has 72 valence electrons. The molecule has 0 radical (unpaired) electrons. The number of aromatic nitrogens is 1. The van der Waals surface area contributed by atoms with E-state index in [2.05, 4.69) is 15.8 Å². The molecule has 0 bridgehead atoms. The number of nitrogens with zero attached hydrogens (tertiary/aromatic N) is 1. The number of hydrogen-bond donors (Lipinski definition) is 2. The first kappa shape index (κ1) is 11.6. The summed E-state index contributed by atoms with van der Waals surface area (Å²) >= 11 is 0. The minimum atomic E-state index is -0.229. The fourth-order valence-electron chi connectivity index (χ4n) is 0.675. The topological polar surface area (TPSA) is 54.0 Å².